The van der Waals surface area contributed by atoms with Crippen LogP contribution >= 0.6 is 0 Å². The summed E-state index contributed by atoms with van der Waals surface area (Å²) in [4.78, 5) is 21.8. The summed E-state index contributed by atoms with van der Waals surface area (Å²) in [5, 5.41) is 14.7. The van der Waals surface area contributed by atoms with Crippen LogP contribution in [0, 0.1) is 10.1 Å². The van der Waals surface area contributed by atoms with Gasteiger partial charge in [0, 0.05) is 12.1 Å². The molecule has 0 aliphatic rings. The van der Waals surface area contributed by atoms with E-state index in [4.69, 9.17) is 10.5 Å². The summed E-state index contributed by atoms with van der Waals surface area (Å²) in [7, 11) is 0. The van der Waals surface area contributed by atoms with Crippen LogP contribution in [0.2, 0.25) is 0 Å². The quantitative estimate of drug-likeness (QED) is 0.514. The highest BCUT2D eigenvalue weighted by molar-refractivity contribution is 5.92. The lowest BCUT2D eigenvalue weighted by molar-refractivity contribution is -0.384. The molecule has 2 N–H and O–H groups in total. The average molecular weight is 276 g/mol. The van der Waals surface area contributed by atoms with Gasteiger partial charge in [-0.05, 0) is 13.0 Å². The molecule has 0 fully saturated rings. The van der Waals surface area contributed by atoms with Gasteiger partial charge >= 0.3 is 5.97 Å². The first kappa shape index (κ1) is 13.5. The molecule has 2 rings (SSSR count). The minimum Gasteiger partial charge on any atom is -0.461 e. The van der Waals surface area contributed by atoms with Crippen LogP contribution in [-0.2, 0) is 4.74 Å². The zero-order valence-corrected chi connectivity index (χ0v) is 10.6. The highest BCUT2D eigenvalue weighted by Crippen LogP contribution is 2.19. The molecule has 0 aliphatic carbocycles. The van der Waals surface area contributed by atoms with Crippen molar-refractivity contribution < 1.29 is 14.5 Å². The Labute approximate surface area is 113 Å². The van der Waals surface area contributed by atoms with Crippen LogP contribution in [0.25, 0.3) is 5.69 Å². The molecule has 1 heterocycles. The molecule has 1 aromatic heterocycles. The van der Waals surface area contributed by atoms with Crippen LogP contribution in [0.1, 0.15) is 17.4 Å². The molecule has 0 saturated carbocycles. The smallest absolute Gasteiger partial charge is 0.361 e. The first-order valence-electron chi connectivity index (χ1n) is 5.80. The molecule has 8 heteroatoms. The lowest BCUT2D eigenvalue weighted by Crippen LogP contribution is -2.08. The number of carbonyl (C=O) groups excluding carboxylic acids is 1. The topological polar surface area (TPSA) is 113 Å². The third kappa shape index (κ3) is 2.58. The Bertz CT molecular complexity index is 665. The van der Waals surface area contributed by atoms with Gasteiger partial charge in [-0.3, -0.25) is 10.1 Å². The summed E-state index contributed by atoms with van der Waals surface area (Å²) in [6, 6.07) is 5.84. The van der Waals surface area contributed by atoms with E-state index in [2.05, 4.69) is 5.10 Å². The summed E-state index contributed by atoms with van der Waals surface area (Å²) in [5.74, 6) is -0.630. The standard InChI is InChI=1S/C12H12N4O4/c1-2-20-12(17)11-10(13)7-15(14-11)8-4-3-5-9(6-8)16(18)19/h3-7H,2,13H2,1H3. The van der Waals surface area contributed by atoms with Crippen LogP contribution in [0.3, 0.4) is 0 Å². The first-order chi connectivity index (χ1) is 9.52. The van der Waals surface area contributed by atoms with Gasteiger partial charge in [-0.1, -0.05) is 6.07 Å². The maximum Gasteiger partial charge on any atom is 0.361 e. The van der Waals surface area contributed by atoms with E-state index in [9.17, 15) is 14.9 Å². The van der Waals surface area contributed by atoms with Gasteiger partial charge in [0.25, 0.3) is 5.69 Å². The summed E-state index contributed by atoms with van der Waals surface area (Å²) in [6.07, 6.45) is 1.41. The largest absolute Gasteiger partial charge is 0.461 e. The Morgan fingerprint density at radius 2 is 2.30 bits per heavy atom. The predicted molar refractivity (Wildman–Crippen MR) is 70.6 cm³/mol. The summed E-state index contributed by atoms with van der Waals surface area (Å²) in [6.45, 7) is 1.88. The second-order valence-electron chi connectivity index (χ2n) is 3.88. The number of nitrogens with zero attached hydrogens (tertiary/aromatic N) is 3. The fourth-order valence-corrected chi connectivity index (χ4v) is 1.63. The second-order valence-corrected chi connectivity index (χ2v) is 3.88. The van der Waals surface area contributed by atoms with Gasteiger partial charge in [0.05, 0.1) is 29.1 Å². The van der Waals surface area contributed by atoms with Gasteiger partial charge in [0.1, 0.15) is 0 Å². The molecular weight excluding hydrogens is 264 g/mol. The Balaban J connectivity index is 2.39. The van der Waals surface area contributed by atoms with Crippen molar-refractivity contribution in [1.82, 2.24) is 9.78 Å². The van der Waals surface area contributed by atoms with Crippen molar-refractivity contribution in [2.45, 2.75) is 6.92 Å². The maximum absolute atomic E-state index is 11.6. The predicted octanol–water partition coefficient (Wildman–Crippen LogP) is 1.54. The third-order valence-electron chi connectivity index (χ3n) is 2.52. The van der Waals surface area contributed by atoms with Crippen molar-refractivity contribution >= 4 is 17.3 Å². The van der Waals surface area contributed by atoms with E-state index < -0.39 is 10.9 Å². The minimum atomic E-state index is -0.630. The average Bonchev–Trinajstić information content (AvgIpc) is 2.81. The fourth-order valence-electron chi connectivity index (χ4n) is 1.63. The van der Waals surface area contributed by atoms with Gasteiger partial charge in [-0.25, -0.2) is 9.48 Å². The third-order valence-corrected chi connectivity index (χ3v) is 2.52. The number of anilines is 1. The Morgan fingerprint density at radius 1 is 1.55 bits per heavy atom. The molecule has 20 heavy (non-hydrogen) atoms. The van der Waals surface area contributed by atoms with E-state index >= 15 is 0 Å². The summed E-state index contributed by atoms with van der Waals surface area (Å²) in [5.41, 5.74) is 6.18. The molecular formula is C12H12N4O4. The maximum atomic E-state index is 11.6. The van der Waals surface area contributed by atoms with Gasteiger partial charge in [0.15, 0.2) is 5.69 Å². The monoisotopic (exact) mass is 276 g/mol. The molecule has 0 atom stereocenters. The van der Waals surface area contributed by atoms with E-state index in [1.807, 2.05) is 0 Å². The molecule has 104 valence electrons. The second kappa shape index (κ2) is 5.39. The number of nitro groups is 1. The van der Waals surface area contributed by atoms with Gasteiger partial charge in [0.2, 0.25) is 0 Å². The number of aromatic nitrogens is 2. The lowest BCUT2D eigenvalue weighted by atomic mass is 10.3. The highest BCUT2D eigenvalue weighted by atomic mass is 16.6. The number of non-ortho nitro benzene ring substituents is 1. The van der Waals surface area contributed by atoms with Crippen LogP contribution in [-0.4, -0.2) is 27.3 Å². The minimum absolute atomic E-state index is 0.0154. The number of carbonyl (C=O) groups is 1. The molecule has 0 unspecified atom stereocenters. The van der Waals surface area contributed by atoms with E-state index in [-0.39, 0.29) is 23.7 Å². The van der Waals surface area contributed by atoms with Crippen molar-refractivity contribution in [2.24, 2.45) is 0 Å². The number of nitro benzene ring substituents is 1. The van der Waals surface area contributed by atoms with Crippen molar-refractivity contribution in [1.29, 1.82) is 0 Å². The van der Waals surface area contributed by atoms with E-state index in [1.54, 1.807) is 13.0 Å². The van der Waals surface area contributed by atoms with Crippen molar-refractivity contribution in [3.8, 4) is 5.69 Å². The number of benzene rings is 1. The fraction of sp³-hybridized carbons (Fsp3) is 0.167. The molecule has 1 aromatic carbocycles. The molecule has 0 amide bonds. The molecule has 0 spiro atoms. The molecule has 2 aromatic rings. The zero-order valence-electron chi connectivity index (χ0n) is 10.6. The molecule has 0 bridgehead atoms. The number of hydrogen-bond donors (Lipinski definition) is 1. The van der Waals surface area contributed by atoms with E-state index in [1.165, 1.54) is 29.1 Å². The number of nitrogen functional groups attached to an aromatic ring is 1. The normalized spacial score (nSPS) is 10.2. The van der Waals surface area contributed by atoms with Gasteiger partial charge in [-0.2, -0.15) is 5.10 Å². The van der Waals surface area contributed by atoms with Crippen LogP contribution in [0.5, 0.6) is 0 Å². The van der Waals surface area contributed by atoms with Gasteiger partial charge in [-0.15, -0.1) is 0 Å². The summed E-state index contributed by atoms with van der Waals surface area (Å²) >= 11 is 0. The number of hydrogen-bond acceptors (Lipinski definition) is 6. The van der Waals surface area contributed by atoms with Crippen molar-refractivity contribution in [3.63, 3.8) is 0 Å². The van der Waals surface area contributed by atoms with Crippen LogP contribution in [0.15, 0.2) is 30.5 Å². The Kier molecular flexibility index (Phi) is 3.65. The number of nitrogens with two attached hydrogens (primary N) is 1. The molecule has 0 radical (unpaired) electrons. The van der Waals surface area contributed by atoms with E-state index in [0.717, 1.165) is 0 Å². The van der Waals surface area contributed by atoms with Crippen molar-refractivity contribution in [2.75, 3.05) is 12.3 Å². The number of esters is 1. The molecule has 0 saturated heterocycles. The highest BCUT2D eigenvalue weighted by Gasteiger charge is 2.17. The van der Waals surface area contributed by atoms with E-state index in [0.29, 0.717) is 5.69 Å². The first-order valence-corrected chi connectivity index (χ1v) is 5.80. The van der Waals surface area contributed by atoms with Gasteiger partial charge < -0.3 is 10.5 Å². The number of rotatable bonds is 4. The van der Waals surface area contributed by atoms with Crippen molar-refractivity contribution in [3.05, 3.63) is 46.3 Å². The Morgan fingerprint density at radius 3 is 2.95 bits per heavy atom. The number of ether oxygens (including phenoxy) is 1. The van der Waals surface area contributed by atoms with Crippen LogP contribution in [0.4, 0.5) is 11.4 Å². The molecule has 8 nitrogen and oxygen atoms in total. The molecule has 0 aliphatic heterocycles. The summed E-state index contributed by atoms with van der Waals surface area (Å²) < 4.78 is 6.12. The zero-order chi connectivity index (χ0) is 14.7. The SMILES string of the molecule is CCOC(=O)c1nn(-c2cccc([N+](=O)[O-])c2)cc1N. The lowest BCUT2D eigenvalue weighted by Gasteiger charge is -2.00. The van der Waals surface area contributed by atoms with Crippen LogP contribution < -0.4 is 5.73 Å². The Hall–Kier alpha value is -2.90.